The molecule has 0 aromatic carbocycles. The third-order valence-corrected chi connectivity index (χ3v) is 9.90. The van der Waals surface area contributed by atoms with Crippen LogP contribution in [0.3, 0.4) is 0 Å². The number of hydrogen-bond acceptors (Lipinski definition) is 0. The van der Waals surface area contributed by atoms with Gasteiger partial charge in [0.05, 0.1) is 0 Å². The summed E-state index contributed by atoms with van der Waals surface area (Å²) in [6.07, 6.45) is 18.1. The SMILES string of the molecule is Br.Br.Br.CCCC[PH](CCCC)(CCCC)CCCC. The van der Waals surface area contributed by atoms with Crippen LogP contribution in [0.1, 0.15) is 79.1 Å². The maximum absolute atomic E-state index is 2.36. The molecule has 0 aromatic rings. The predicted molar refractivity (Wildman–Crippen MR) is 118 cm³/mol. The van der Waals surface area contributed by atoms with Crippen molar-refractivity contribution in [3.63, 3.8) is 0 Å². The minimum atomic E-state index is -0.879. The summed E-state index contributed by atoms with van der Waals surface area (Å²) in [5, 5.41) is 0. The molecule has 0 aliphatic carbocycles. The van der Waals surface area contributed by atoms with Gasteiger partial charge in [-0.25, -0.2) is 0 Å². The Kier molecular flexibility index (Phi) is 31.1. The Morgan fingerprint density at radius 1 is 0.450 bits per heavy atom. The van der Waals surface area contributed by atoms with Gasteiger partial charge in [-0.15, -0.1) is 50.9 Å². The van der Waals surface area contributed by atoms with Gasteiger partial charge >= 0.3 is 111 Å². The fraction of sp³-hybridized carbons (Fsp3) is 1.00. The third kappa shape index (κ3) is 14.8. The molecular weight excluding hydrogens is 463 g/mol. The van der Waals surface area contributed by atoms with E-state index in [1.54, 1.807) is 24.6 Å². The Bertz CT molecular complexity index is 128. The molecule has 0 radical (unpaired) electrons. The quantitative estimate of drug-likeness (QED) is 0.240. The topological polar surface area (TPSA) is 0 Å². The molecule has 0 N–H and O–H groups in total. The molecule has 130 valence electrons. The second kappa shape index (κ2) is 20.9. The zero-order valence-corrected chi connectivity index (χ0v) is 20.3. The van der Waals surface area contributed by atoms with Gasteiger partial charge in [-0.3, -0.25) is 0 Å². The molecule has 0 amide bonds. The summed E-state index contributed by atoms with van der Waals surface area (Å²) >= 11 is 0. The number of unbranched alkanes of at least 4 members (excludes halogenated alkanes) is 4. The molecule has 0 atom stereocenters. The first kappa shape index (κ1) is 29.8. The van der Waals surface area contributed by atoms with Crippen molar-refractivity contribution in [1.29, 1.82) is 0 Å². The molecule has 0 nitrogen and oxygen atoms in total. The van der Waals surface area contributed by atoms with Crippen LogP contribution in [0.15, 0.2) is 0 Å². The first-order chi connectivity index (χ1) is 8.24. The van der Waals surface area contributed by atoms with E-state index >= 15 is 0 Å². The van der Waals surface area contributed by atoms with Gasteiger partial charge < -0.3 is 0 Å². The van der Waals surface area contributed by atoms with Crippen LogP contribution in [0.5, 0.6) is 0 Å². The Labute approximate surface area is 161 Å². The first-order valence-corrected chi connectivity index (χ1v) is 11.1. The molecule has 0 spiro atoms. The molecule has 0 saturated heterocycles. The molecule has 20 heavy (non-hydrogen) atoms. The van der Waals surface area contributed by atoms with Gasteiger partial charge in [-0.05, 0) is 0 Å². The van der Waals surface area contributed by atoms with E-state index in [1.807, 2.05) is 0 Å². The average molecular weight is 503 g/mol. The molecule has 0 aromatic heterocycles. The summed E-state index contributed by atoms with van der Waals surface area (Å²) in [6, 6.07) is 0. The van der Waals surface area contributed by atoms with Crippen molar-refractivity contribution in [2.75, 3.05) is 24.6 Å². The molecule has 0 fully saturated rings. The Balaban J connectivity index is -0.000000427. The van der Waals surface area contributed by atoms with Gasteiger partial charge in [-0.1, -0.05) is 0 Å². The molecule has 0 unspecified atom stereocenters. The van der Waals surface area contributed by atoms with Gasteiger partial charge in [0.15, 0.2) is 0 Å². The van der Waals surface area contributed by atoms with Crippen molar-refractivity contribution in [3.05, 3.63) is 0 Å². The average Bonchev–Trinajstić information content (AvgIpc) is 2.37. The minimum absolute atomic E-state index is 0. The van der Waals surface area contributed by atoms with Crippen molar-refractivity contribution in [1.82, 2.24) is 0 Å². The second-order valence-corrected chi connectivity index (χ2v) is 10.9. The van der Waals surface area contributed by atoms with E-state index in [0.717, 1.165) is 0 Å². The van der Waals surface area contributed by atoms with E-state index in [2.05, 4.69) is 27.7 Å². The Morgan fingerprint density at radius 3 is 0.800 bits per heavy atom. The van der Waals surface area contributed by atoms with Gasteiger partial charge in [0.1, 0.15) is 0 Å². The fourth-order valence-electron chi connectivity index (χ4n) is 2.96. The maximum atomic E-state index is 2.36. The standard InChI is InChI=1S/C16H37P.3BrH/c1-5-9-13-17(14-10-6-2,15-11-7-3)16-12-8-4;;;/h17H,5-16H2,1-4H3;3*1H. The van der Waals surface area contributed by atoms with Crippen molar-refractivity contribution in [3.8, 4) is 0 Å². The summed E-state index contributed by atoms with van der Waals surface area (Å²) in [5.74, 6) is 0. The zero-order valence-electron chi connectivity index (χ0n) is 14.2. The molecule has 0 saturated carbocycles. The number of halogens is 3. The van der Waals surface area contributed by atoms with Crippen LogP contribution in [-0.4, -0.2) is 24.6 Å². The van der Waals surface area contributed by atoms with E-state index < -0.39 is 7.26 Å². The van der Waals surface area contributed by atoms with Crippen LogP contribution >= 0.6 is 58.2 Å². The Hall–Kier alpha value is 1.87. The van der Waals surface area contributed by atoms with Gasteiger partial charge in [0.2, 0.25) is 0 Å². The zero-order chi connectivity index (χ0) is 13.0. The summed E-state index contributed by atoms with van der Waals surface area (Å²) in [6.45, 7) is 9.44. The molecular formula is C16H40Br3P. The van der Waals surface area contributed by atoms with E-state index in [9.17, 15) is 0 Å². The summed E-state index contributed by atoms with van der Waals surface area (Å²) in [4.78, 5) is 0. The van der Waals surface area contributed by atoms with Crippen LogP contribution in [0.25, 0.3) is 0 Å². The van der Waals surface area contributed by atoms with Crippen LogP contribution < -0.4 is 0 Å². The van der Waals surface area contributed by atoms with Crippen LogP contribution in [0, 0.1) is 0 Å². The van der Waals surface area contributed by atoms with Crippen molar-refractivity contribution < 1.29 is 0 Å². The number of rotatable bonds is 12. The van der Waals surface area contributed by atoms with Crippen molar-refractivity contribution in [2.24, 2.45) is 0 Å². The molecule has 0 rings (SSSR count). The summed E-state index contributed by atoms with van der Waals surface area (Å²) < 4.78 is 0. The molecule has 4 heteroatoms. The second-order valence-electron chi connectivity index (χ2n) is 5.91. The van der Waals surface area contributed by atoms with E-state index in [-0.39, 0.29) is 50.9 Å². The molecule has 0 heterocycles. The molecule has 0 aliphatic rings. The van der Waals surface area contributed by atoms with Crippen molar-refractivity contribution in [2.45, 2.75) is 79.1 Å². The van der Waals surface area contributed by atoms with E-state index in [0.29, 0.717) is 0 Å². The van der Waals surface area contributed by atoms with Gasteiger partial charge in [0.25, 0.3) is 0 Å². The third-order valence-electron chi connectivity index (χ3n) is 4.24. The summed E-state index contributed by atoms with van der Waals surface area (Å²) in [5.41, 5.74) is 0. The van der Waals surface area contributed by atoms with Crippen LogP contribution in [0.2, 0.25) is 0 Å². The normalized spacial score (nSPS) is 11.0. The summed E-state index contributed by atoms with van der Waals surface area (Å²) in [7, 11) is -0.879. The van der Waals surface area contributed by atoms with Crippen molar-refractivity contribution >= 4 is 58.2 Å². The predicted octanol–water partition coefficient (Wildman–Crippen LogP) is 7.67. The molecule has 0 aliphatic heterocycles. The van der Waals surface area contributed by atoms with Gasteiger partial charge in [0, 0.05) is 0 Å². The fourth-order valence-corrected chi connectivity index (χ4v) is 8.87. The monoisotopic (exact) mass is 500 g/mol. The first-order valence-electron chi connectivity index (χ1n) is 8.24. The number of hydrogen-bond donors (Lipinski definition) is 0. The van der Waals surface area contributed by atoms with Gasteiger partial charge in [-0.2, -0.15) is 0 Å². The van der Waals surface area contributed by atoms with E-state index in [1.165, 1.54) is 51.4 Å². The molecule has 0 bridgehead atoms. The Morgan fingerprint density at radius 2 is 0.650 bits per heavy atom. The van der Waals surface area contributed by atoms with E-state index in [4.69, 9.17) is 0 Å². The van der Waals surface area contributed by atoms with Crippen LogP contribution in [0.4, 0.5) is 0 Å². The van der Waals surface area contributed by atoms with Crippen LogP contribution in [-0.2, 0) is 0 Å².